The lowest BCUT2D eigenvalue weighted by Crippen LogP contribution is -2.28. The van der Waals surface area contributed by atoms with Gasteiger partial charge in [0.2, 0.25) is 11.1 Å². The smallest absolute Gasteiger partial charge is 0.230 e. The van der Waals surface area contributed by atoms with Crippen LogP contribution in [0.25, 0.3) is 11.4 Å². The standard InChI is InChI=1S/C22H27N5O3S/c1-5-15-6-8-16(9-7-15)14(2)24-20(28)13-31-22-26-25-21(27(22)23)18-11-10-17(29-3)12-19(18)30-4/h6-12,14H,5,13,23H2,1-4H3,(H,24,28). The second-order valence-corrected chi connectivity index (χ2v) is 7.86. The maximum atomic E-state index is 12.4. The Morgan fingerprint density at radius 3 is 2.55 bits per heavy atom. The largest absolute Gasteiger partial charge is 0.497 e. The van der Waals surface area contributed by atoms with Gasteiger partial charge in [0.1, 0.15) is 11.5 Å². The highest BCUT2D eigenvalue weighted by Gasteiger charge is 2.18. The molecule has 0 radical (unpaired) electrons. The first-order valence-electron chi connectivity index (χ1n) is 9.90. The predicted octanol–water partition coefficient (Wildman–Crippen LogP) is 3.21. The fourth-order valence-electron chi connectivity index (χ4n) is 3.08. The summed E-state index contributed by atoms with van der Waals surface area (Å²) in [7, 11) is 3.15. The molecule has 0 fully saturated rings. The molecule has 1 amide bonds. The molecule has 1 heterocycles. The molecule has 0 aliphatic carbocycles. The van der Waals surface area contributed by atoms with Crippen LogP contribution in [-0.4, -0.2) is 40.8 Å². The number of hydrogen-bond acceptors (Lipinski definition) is 7. The molecule has 9 heteroatoms. The first-order chi connectivity index (χ1) is 15.0. The number of thioether (sulfide) groups is 1. The van der Waals surface area contributed by atoms with E-state index in [0.29, 0.717) is 28.0 Å². The zero-order valence-electron chi connectivity index (χ0n) is 18.1. The number of nitrogen functional groups attached to an aromatic ring is 1. The lowest BCUT2D eigenvalue weighted by molar-refractivity contribution is -0.119. The average Bonchev–Trinajstić information content (AvgIpc) is 3.17. The number of rotatable bonds is 9. The number of amides is 1. The molecule has 0 bridgehead atoms. The first-order valence-corrected chi connectivity index (χ1v) is 10.9. The second-order valence-electron chi connectivity index (χ2n) is 6.92. The van der Waals surface area contributed by atoms with E-state index in [2.05, 4.69) is 34.6 Å². The summed E-state index contributed by atoms with van der Waals surface area (Å²) < 4.78 is 12.0. The van der Waals surface area contributed by atoms with Gasteiger partial charge in [-0.15, -0.1) is 10.2 Å². The fraction of sp³-hybridized carbons (Fsp3) is 0.318. The molecule has 8 nitrogen and oxygen atoms in total. The van der Waals surface area contributed by atoms with Crippen molar-refractivity contribution in [3.05, 3.63) is 53.6 Å². The lowest BCUT2D eigenvalue weighted by Gasteiger charge is -2.14. The molecule has 0 aliphatic rings. The van der Waals surface area contributed by atoms with Gasteiger partial charge < -0.3 is 20.6 Å². The monoisotopic (exact) mass is 441 g/mol. The van der Waals surface area contributed by atoms with Gasteiger partial charge >= 0.3 is 0 Å². The zero-order valence-corrected chi connectivity index (χ0v) is 18.9. The van der Waals surface area contributed by atoms with Crippen LogP contribution in [0.3, 0.4) is 0 Å². The third-order valence-corrected chi connectivity index (χ3v) is 5.86. The minimum absolute atomic E-state index is 0.0890. The minimum atomic E-state index is -0.108. The minimum Gasteiger partial charge on any atom is -0.497 e. The number of hydrogen-bond donors (Lipinski definition) is 2. The summed E-state index contributed by atoms with van der Waals surface area (Å²) in [4.78, 5) is 12.4. The molecule has 2 aromatic carbocycles. The molecule has 0 aliphatic heterocycles. The Balaban J connectivity index is 1.64. The summed E-state index contributed by atoms with van der Waals surface area (Å²) >= 11 is 1.22. The number of nitrogens with one attached hydrogen (secondary N) is 1. The maximum Gasteiger partial charge on any atom is 0.230 e. The van der Waals surface area contributed by atoms with Crippen LogP contribution in [0.4, 0.5) is 0 Å². The normalized spacial score (nSPS) is 11.7. The van der Waals surface area contributed by atoms with Crippen molar-refractivity contribution >= 4 is 17.7 Å². The van der Waals surface area contributed by atoms with E-state index in [0.717, 1.165) is 12.0 Å². The van der Waals surface area contributed by atoms with Gasteiger partial charge in [0.05, 0.1) is 31.6 Å². The molecule has 0 spiro atoms. The maximum absolute atomic E-state index is 12.4. The van der Waals surface area contributed by atoms with E-state index in [1.54, 1.807) is 32.4 Å². The van der Waals surface area contributed by atoms with E-state index in [-0.39, 0.29) is 17.7 Å². The van der Waals surface area contributed by atoms with Crippen LogP contribution in [-0.2, 0) is 11.2 Å². The van der Waals surface area contributed by atoms with Crippen LogP contribution in [0.2, 0.25) is 0 Å². The number of carbonyl (C=O) groups excluding carboxylic acids is 1. The topological polar surface area (TPSA) is 104 Å². The molecule has 0 saturated carbocycles. The van der Waals surface area contributed by atoms with Crippen molar-refractivity contribution < 1.29 is 14.3 Å². The second kappa shape index (κ2) is 10.2. The third kappa shape index (κ3) is 5.29. The summed E-state index contributed by atoms with van der Waals surface area (Å²) in [5.74, 6) is 7.92. The highest BCUT2D eigenvalue weighted by Crippen LogP contribution is 2.32. The van der Waals surface area contributed by atoms with Crippen molar-refractivity contribution in [1.82, 2.24) is 20.2 Å². The number of methoxy groups -OCH3 is 2. The van der Waals surface area contributed by atoms with Crippen molar-refractivity contribution in [3.8, 4) is 22.9 Å². The van der Waals surface area contributed by atoms with Crippen LogP contribution in [0.15, 0.2) is 47.6 Å². The molecule has 3 N–H and O–H groups in total. The number of aromatic nitrogens is 3. The Labute approximate surface area is 186 Å². The van der Waals surface area contributed by atoms with E-state index in [1.807, 2.05) is 19.1 Å². The Morgan fingerprint density at radius 1 is 1.16 bits per heavy atom. The number of carbonyl (C=O) groups is 1. The van der Waals surface area contributed by atoms with Gasteiger partial charge in [0, 0.05) is 6.07 Å². The van der Waals surface area contributed by atoms with Gasteiger partial charge in [0.25, 0.3) is 0 Å². The van der Waals surface area contributed by atoms with Crippen molar-refractivity contribution in [3.63, 3.8) is 0 Å². The van der Waals surface area contributed by atoms with Gasteiger partial charge in [-0.3, -0.25) is 4.79 Å². The summed E-state index contributed by atoms with van der Waals surface area (Å²) in [5, 5.41) is 11.7. The predicted molar refractivity (Wildman–Crippen MR) is 122 cm³/mol. The summed E-state index contributed by atoms with van der Waals surface area (Å²) in [6.07, 6.45) is 0.988. The molecule has 31 heavy (non-hydrogen) atoms. The van der Waals surface area contributed by atoms with Crippen LogP contribution in [0.1, 0.15) is 31.0 Å². The van der Waals surface area contributed by atoms with E-state index in [9.17, 15) is 4.79 Å². The van der Waals surface area contributed by atoms with Crippen LogP contribution < -0.4 is 20.6 Å². The highest BCUT2D eigenvalue weighted by atomic mass is 32.2. The van der Waals surface area contributed by atoms with Gasteiger partial charge in [0.15, 0.2) is 5.82 Å². The number of ether oxygens (including phenoxy) is 2. The van der Waals surface area contributed by atoms with Gasteiger partial charge in [-0.05, 0) is 36.6 Å². The van der Waals surface area contributed by atoms with Gasteiger partial charge in [-0.25, -0.2) is 4.68 Å². The zero-order chi connectivity index (χ0) is 22.4. The average molecular weight is 442 g/mol. The molecule has 164 valence electrons. The molecule has 3 aromatic rings. The van der Waals surface area contributed by atoms with Crippen LogP contribution >= 0.6 is 11.8 Å². The molecule has 1 aromatic heterocycles. The van der Waals surface area contributed by atoms with Crippen LogP contribution in [0, 0.1) is 0 Å². The Kier molecular flexibility index (Phi) is 7.41. The Morgan fingerprint density at radius 2 is 1.90 bits per heavy atom. The molecular formula is C22H27N5O3S. The molecule has 0 saturated heterocycles. The van der Waals surface area contributed by atoms with Gasteiger partial charge in [-0.1, -0.05) is 43.0 Å². The fourth-order valence-corrected chi connectivity index (χ4v) is 3.75. The number of nitrogens with two attached hydrogens (primary N) is 1. The Hall–Kier alpha value is -3.20. The third-order valence-electron chi connectivity index (χ3n) is 4.91. The number of benzene rings is 2. The molecule has 1 unspecified atom stereocenters. The van der Waals surface area contributed by atoms with Gasteiger partial charge in [-0.2, -0.15) is 0 Å². The van der Waals surface area contributed by atoms with Crippen LogP contribution in [0.5, 0.6) is 11.5 Å². The number of aryl methyl sites for hydroxylation is 1. The van der Waals surface area contributed by atoms with E-state index >= 15 is 0 Å². The van der Waals surface area contributed by atoms with E-state index < -0.39 is 0 Å². The van der Waals surface area contributed by atoms with Crippen molar-refractivity contribution in [1.29, 1.82) is 0 Å². The molecule has 3 rings (SSSR count). The van der Waals surface area contributed by atoms with Crippen molar-refractivity contribution in [2.24, 2.45) is 0 Å². The first kappa shape index (κ1) is 22.5. The molecule has 1 atom stereocenters. The highest BCUT2D eigenvalue weighted by molar-refractivity contribution is 7.99. The summed E-state index contributed by atoms with van der Waals surface area (Å²) in [5.41, 5.74) is 3.01. The quantitative estimate of drug-likeness (QED) is 0.388. The summed E-state index contributed by atoms with van der Waals surface area (Å²) in [6, 6.07) is 13.5. The van der Waals surface area contributed by atoms with E-state index in [4.69, 9.17) is 15.3 Å². The Bertz CT molecular complexity index is 1040. The number of nitrogens with zero attached hydrogens (tertiary/aromatic N) is 3. The van der Waals surface area contributed by atoms with E-state index in [1.165, 1.54) is 22.0 Å². The lowest BCUT2D eigenvalue weighted by atomic mass is 10.1. The van der Waals surface area contributed by atoms with Crippen molar-refractivity contribution in [2.75, 3.05) is 25.8 Å². The molecular weight excluding hydrogens is 414 g/mol. The van der Waals surface area contributed by atoms with Crippen molar-refractivity contribution in [2.45, 2.75) is 31.5 Å². The summed E-state index contributed by atoms with van der Waals surface area (Å²) in [6.45, 7) is 4.08. The SMILES string of the molecule is CCc1ccc(C(C)NC(=O)CSc2nnc(-c3ccc(OC)cc3OC)n2N)cc1.